The second-order valence-corrected chi connectivity index (χ2v) is 7.77. The van der Waals surface area contributed by atoms with E-state index in [9.17, 15) is 20.2 Å². The van der Waals surface area contributed by atoms with Crippen LogP contribution in [0.2, 0.25) is 0 Å². The fraction of sp³-hybridized carbons (Fsp3) is 0.0714. The SMILES string of the molecule is COc1cc(/C=C(\C#N)C(=O)Nc2ccc([N+](=O)[O-])cc2)ccc1OCc1cccc2ccccc12. The molecule has 0 atom stereocenters. The van der Waals surface area contributed by atoms with E-state index in [4.69, 9.17) is 9.47 Å². The highest BCUT2D eigenvalue weighted by Crippen LogP contribution is 2.30. The molecule has 0 unspecified atom stereocenters. The number of amides is 1. The Morgan fingerprint density at radius 1 is 1.03 bits per heavy atom. The number of non-ortho nitro benzene ring substituents is 1. The second-order valence-electron chi connectivity index (χ2n) is 7.77. The zero-order chi connectivity index (χ0) is 25.5. The van der Waals surface area contributed by atoms with Crippen molar-refractivity contribution in [2.24, 2.45) is 0 Å². The number of nitrogens with zero attached hydrogens (tertiary/aromatic N) is 2. The fourth-order valence-electron chi connectivity index (χ4n) is 3.65. The summed E-state index contributed by atoms with van der Waals surface area (Å²) in [6.07, 6.45) is 1.43. The van der Waals surface area contributed by atoms with Crippen molar-refractivity contribution in [2.75, 3.05) is 12.4 Å². The number of nitro groups is 1. The summed E-state index contributed by atoms with van der Waals surface area (Å²) in [4.78, 5) is 22.8. The number of methoxy groups -OCH3 is 1. The van der Waals surface area contributed by atoms with Crippen LogP contribution in [0, 0.1) is 21.4 Å². The first-order valence-electron chi connectivity index (χ1n) is 10.9. The molecule has 0 aliphatic carbocycles. The third-order valence-electron chi connectivity index (χ3n) is 5.46. The molecule has 0 fully saturated rings. The number of nitrogens with one attached hydrogen (secondary N) is 1. The summed E-state index contributed by atoms with van der Waals surface area (Å²) in [6, 6.07) is 26.4. The van der Waals surface area contributed by atoms with Gasteiger partial charge in [-0.15, -0.1) is 0 Å². The summed E-state index contributed by atoms with van der Waals surface area (Å²) >= 11 is 0. The molecule has 178 valence electrons. The topological polar surface area (TPSA) is 114 Å². The van der Waals surface area contributed by atoms with Crippen LogP contribution in [0.4, 0.5) is 11.4 Å². The van der Waals surface area contributed by atoms with Gasteiger partial charge in [-0.2, -0.15) is 5.26 Å². The van der Waals surface area contributed by atoms with E-state index in [0.29, 0.717) is 29.4 Å². The predicted molar refractivity (Wildman–Crippen MR) is 137 cm³/mol. The molecule has 0 radical (unpaired) electrons. The molecule has 0 bridgehead atoms. The molecule has 4 rings (SSSR count). The summed E-state index contributed by atoms with van der Waals surface area (Å²) in [5.74, 6) is 0.343. The number of rotatable bonds is 8. The van der Waals surface area contributed by atoms with Crippen molar-refractivity contribution in [3.05, 3.63) is 112 Å². The first kappa shape index (κ1) is 24.0. The van der Waals surface area contributed by atoms with Crippen molar-refractivity contribution in [3.8, 4) is 17.6 Å². The molecule has 0 saturated carbocycles. The van der Waals surface area contributed by atoms with Crippen LogP contribution >= 0.6 is 0 Å². The molecule has 0 aliphatic heterocycles. The van der Waals surface area contributed by atoms with E-state index in [1.807, 2.05) is 48.5 Å². The van der Waals surface area contributed by atoms with Crippen LogP contribution in [0.25, 0.3) is 16.8 Å². The molecule has 0 spiro atoms. The van der Waals surface area contributed by atoms with Crippen LogP contribution in [0.5, 0.6) is 11.5 Å². The molecule has 0 aromatic heterocycles. The Morgan fingerprint density at radius 2 is 1.78 bits per heavy atom. The van der Waals surface area contributed by atoms with Crippen LogP contribution in [0.3, 0.4) is 0 Å². The average molecular weight is 479 g/mol. The fourth-order valence-corrected chi connectivity index (χ4v) is 3.65. The lowest BCUT2D eigenvalue weighted by Gasteiger charge is -2.13. The molecule has 1 amide bonds. The number of carbonyl (C=O) groups excluding carboxylic acids is 1. The number of anilines is 1. The van der Waals surface area contributed by atoms with Gasteiger partial charge in [-0.25, -0.2) is 0 Å². The Balaban J connectivity index is 1.49. The van der Waals surface area contributed by atoms with Gasteiger partial charge in [0, 0.05) is 17.8 Å². The van der Waals surface area contributed by atoms with Gasteiger partial charge in [-0.05, 0) is 52.2 Å². The summed E-state index contributed by atoms with van der Waals surface area (Å²) in [5.41, 5.74) is 1.70. The minimum atomic E-state index is -0.637. The lowest BCUT2D eigenvalue weighted by atomic mass is 10.1. The molecule has 36 heavy (non-hydrogen) atoms. The quantitative estimate of drug-likeness (QED) is 0.146. The van der Waals surface area contributed by atoms with Crippen LogP contribution in [-0.4, -0.2) is 17.9 Å². The lowest BCUT2D eigenvalue weighted by molar-refractivity contribution is -0.384. The Hall–Kier alpha value is -5.16. The average Bonchev–Trinajstić information content (AvgIpc) is 2.91. The smallest absolute Gasteiger partial charge is 0.269 e. The van der Waals surface area contributed by atoms with Gasteiger partial charge in [-0.1, -0.05) is 48.5 Å². The molecule has 0 aliphatic rings. The number of nitriles is 1. The predicted octanol–water partition coefficient (Wildman–Crippen LogP) is 5.88. The molecule has 1 N–H and O–H groups in total. The van der Waals surface area contributed by atoms with Gasteiger partial charge in [0.2, 0.25) is 0 Å². The Bertz CT molecular complexity index is 1500. The van der Waals surface area contributed by atoms with Crippen LogP contribution in [-0.2, 0) is 11.4 Å². The van der Waals surface area contributed by atoms with E-state index in [1.165, 1.54) is 37.5 Å². The number of hydrogen-bond donors (Lipinski definition) is 1. The lowest BCUT2D eigenvalue weighted by Crippen LogP contribution is -2.13. The number of fused-ring (bicyclic) bond motifs is 1. The number of nitro benzene ring substituents is 1. The van der Waals surface area contributed by atoms with E-state index < -0.39 is 10.8 Å². The first-order valence-corrected chi connectivity index (χ1v) is 10.9. The number of ether oxygens (including phenoxy) is 2. The van der Waals surface area contributed by atoms with Gasteiger partial charge in [0.25, 0.3) is 11.6 Å². The number of benzene rings is 4. The maximum atomic E-state index is 12.6. The highest BCUT2D eigenvalue weighted by atomic mass is 16.6. The van der Waals surface area contributed by atoms with Gasteiger partial charge in [0.1, 0.15) is 18.2 Å². The second kappa shape index (κ2) is 10.8. The van der Waals surface area contributed by atoms with E-state index in [-0.39, 0.29) is 11.3 Å². The molecule has 0 saturated heterocycles. The number of carbonyl (C=O) groups is 1. The minimum Gasteiger partial charge on any atom is -0.493 e. The molecule has 0 heterocycles. The highest BCUT2D eigenvalue weighted by Gasteiger charge is 2.13. The van der Waals surface area contributed by atoms with E-state index in [2.05, 4.69) is 5.32 Å². The monoisotopic (exact) mass is 479 g/mol. The van der Waals surface area contributed by atoms with Gasteiger partial charge < -0.3 is 14.8 Å². The van der Waals surface area contributed by atoms with Crippen molar-refractivity contribution in [1.29, 1.82) is 5.26 Å². The van der Waals surface area contributed by atoms with Crippen molar-refractivity contribution < 1.29 is 19.2 Å². The van der Waals surface area contributed by atoms with Gasteiger partial charge in [-0.3, -0.25) is 14.9 Å². The normalized spacial score (nSPS) is 10.9. The third kappa shape index (κ3) is 5.48. The Labute approximate surface area is 207 Å². The zero-order valence-corrected chi connectivity index (χ0v) is 19.3. The van der Waals surface area contributed by atoms with Crippen LogP contribution < -0.4 is 14.8 Å². The maximum absolute atomic E-state index is 12.6. The van der Waals surface area contributed by atoms with Crippen molar-refractivity contribution in [2.45, 2.75) is 6.61 Å². The van der Waals surface area contributed by atoms with Gasteiger partial charge in [0.15, 0.2) is 11.5 Å². The molecule has 4 aromatic carbocycles. The summed E-state index contributed by atoms with van der Waals surface area (Å²) in [5, 5.41) is 25.1. The first-order chi connectivity index (χ1) is 17.5. The largest absolute Gasteiger partial charge is 0.493 e. The summed E-state index contributed by atoms with van der Waals surface area (Å²) in [7, 11) is 1.51. The molecule has 4 aromatic rings. The van der Waals surface area contributed by atoms with Crippen molar-refractivity contribution in [1.82, 2.24) is 0 Å². The van der Waals surface area contributed by atoms with Crippen LogP contribution in [0.1, 0.15) is 11.1 Å². The van der Waals surface area contributed by atoms with Gasteiger partial charge in [0.05, 0.1) is 12.0 Å². The minimum absolute atomic E-state index is 0.0982. The summed E-state index contributed by atoms with van der Waals surface area (Å²) in [6.45, 7) is 0.341. The molecular formula is C28H21N3O5. The highest BCUT2D eigenvalue weighted by molar-refractivity contribution is 6.09. The molecule has 8 nitrogen and oxygen atoms in total. The van der Waals surface area contributed by atoms with Gasteiger partial charge >= 0.3 is 0 Å². The Kier molecular flexibility index (Phi) is 7.22. The maximum Gasteiger partial charge on any atom is 0.269 e. The third-order valence-corrected chi connectivity index (χ3v) is 5.46. The molecule has 8 heteroatoms. The van der Waals surface area contributed by atoms with Crippen molar-refractivity contribution >= 4 is 34.1 Å². The van der Waals surface area contributed by atoms with Crippen molar-refractivity contribution in [3.63, 3.8) is 0 Å². The number of hydrogen-bond acceptors (Lipinski definition) is 6. The Morgan fingerprint density at radius 3 is 2.50 bits per heavy atom. The van der Waals surface area contributed by atoms with E-state index >= 15 is 0 Å². The standard InChI is InChI=1S/C28H21N3O5/c1-35-27-16-19(15-22(17-29)28(32)30-23-10-12-24(13-11-23)31(33)34)9-14-26(27)36-18-21-7-4-6-20-5-2-3-8-25(20)21/h2-16H,18H2,1H3,(H,30,32)/b22-15+. The van der Waals surface area contributed by atoms with E-state index in [1.54, 1.807) is 18.2 Å². The zero-order valence-electron chi connectivity index (χ0n) is 19.3. The van der Waals surface area contributed by atoms with Crippen LogP contribution in [0.15, 0.2) is 90.5 Å². The summed E-state index contributed by atoms with van der Waals surface area (Å²) < 4.78 is 11.5. The molecular weight excluding hydrogens is 458 g/mol. The van der Waals surface area contributed by atoms with E-state index in [0.717, 1.165) is 16.3 Å².